The zero-order valence-corrected chi connectivity index (χ0v) is 11.3. The van der Waals surface area contributed by atoms with E-state index in [9.17, 15) is 0 Å². The molecule has 2 nitrogen and oxygen atoms in total. The van der Waals surface area contributed by atoms with Crippen LogP contribution >= 0.6 is 11.3 Å². The van der Waals surface area contributed by atoms with Crippen LogP contribution in [0.15, 0.2) is 11.4 Å². The first-order chi connectivity index (χ1) is 7.65. The van der Waals surface area contributed by atoms with Crippen molar-refractivity contribution in [1.82, 2.24) is 4.90 Å². The molecule has 0 aromatic carbocycles. The van der Waals surface area contributed by atoms with E-state index in [-0.39, 0.29) is 0 Å². The van der Waals surface area contributed by atoms with Crippen molar-refractivity contribution in [3.63, 3.8) is 0 Å². The number of thiophene rings is 1. The molecule has 1 aliphatic carbocycles. The van der Waals surface area contributed by atoms with Crippen LogP contribution in [0.4, 0.5) is 0 Å². The molecule has 0 spiro atoms. The van der Waals surface area contributed by atoms with Crippen LogP contribution in [-0.4, -0.2) is 24.5 Å². The molecule has 2 rings (SSSR count). The van der Waals surface area contributed by atoms with Gasteiger partial charge in [-0.2, -0.15) is 0 Å². The average molecular weight is 238 g/mol. The summed E-state index contributed by atoms with van der Waals surface area (Å²) >= 11 is 1.84. The fourth-order valence-corrected chi connectivity index (χ4v) is 3.47. The van der Waals surface area contributed by atoms with Gasteiger partial charge in [0.1, 0.15) is 0 Å². The topological polar surface area (TPSA) is 29.3 Å². The van der Waals surface area contributed by atoms with Crippen LogP contribution in [-0.2, 0) is 0 Å². The first-order valence-corrected chi connectivity index (χ1v) is 6.99. The molecule has 16 heavy (non-hydrogen) atoms. The van der Waals surface area contributed by atoms with E-state index in [2.05, 4.69) is 37.2 Å². The van der Waals surface area contributed by atoms with Gasteiger partial charge in [0.05, 0.1) is 6.04 Å². The van der Waals surface area contributed by atoms with E-state index < -0.39 is 0 Å². The SMILES string of the molecule is Cc1ccsc1C(CN)N(C)C(C)C1CC1. The highest BCUT2D eigenvalue weighted by molar-refractivity contribution is 7.10. The molecule has 0 bridgehead atoms. The minimum absolute atomic E-state index is 0.399. The molecule has 0 aliphatic heterocycles. The van der Waals surface area contributed by atoms with Gasteiger partial charge in [-0.15, -0.1) is 11.3 Å². The summed E-state index contributed by atoms with van der Waals surface area (Å²) in [5.41, 5.74) is 7.34. The van der Waals surface area contributed by atoms with Crippen LogP contribution in [0.25, 0.3) is 0 Å². The second kappa shape index (κ2) is 4.86. The van der Waals surface area contributed by atoms with Crippen molar-refractivity contribution in [2.45, 2.75) is 38.8 Å². The van der Waals surface area contributed by atoms with Gasteiger partial charge in [0.25, 0.3) is 0 Å². The standard InChI is InChI=1S/C13H22N2S/c1-9-6-7-16-13(9)12(8-14)15(3)10(2)11-4-5-11/h6-7,10-12H,4-5,8,14H2,1-3H3. The molecule has 1 fully saturated rings. The molecule has 1 aliphatic rings. The summed E-state index contributed by atoms with van der Waals surface area (Å²) in [5, 5.41) is 2.17. The molecule has 0 saturated heterocycles. The lowest BCUT2D eigenvalue weighted by molar-refractivity contribution is 0.173. The van der Waals surface area contributed by atoms with E-state index >= 15 is 0 Å². The van der Waals surface area contributed by atoms with Crippen LogP contribution < -0.4 is 5.73 Å². The minimum Gasteiger partial charge on any atom is -0.329 e. The molecular formula is C13H22N2S. The molecule has 90 valence electrons. The zero-order valence-electron chi connectivity index (χ0n) is 10.4. The Morgan fingerprint density at radius 2 is 2.25 bits per heavy atom. The number of rotatable bonds is 5. The van der Waals surface area contributed by atoms with E-state index in [0.717, 1.165) is 12.5 Å². The van der Waals surface area contributed by atoms with E-state index in [4.69, 9.17) is 5.73 Å². The molecule has 3 heteroatoms. The molecule has 1 aromatic heterocycles. The van der Waals surface area contributed by atoms with Gasteiger partial charge in [-0.3, -0.25) is 4.90 Å². The Hall–Kier alpha value is -0.380. The van der Waals surface area contributed by atoms with Crippen LogP contribution in [0.2, 0.25) is 0 Å². The van der Waals surface area contributed by atoms with E-state index in [1.807, 2.05) is 11.3 Å². The largest absolute Gasteiger partial charge is 0.329 e. The minimum atomic E-state index is 0.399. The van der Waals surface area contributed by atoms with Crippen molar-refractivity contribution in [2.24, 2.45) is 11.7 Å². The number of hydrogen-bond acceptors (Lipinski definition) is 3. The lowest BCUT2D eigenvalue weighted by atomic mass is 10.1. The van der Waals surface area contributed by atoms with Crippen molar-refractivity contribution in [1.29, 1.82) is 0 Å². The normalized spacial score (nSPS) is 20.1. The monoisotopic (exact) mass is 238 g/mol. The maximum atomic E-state index is 5.96. The third-order valence-corrected chi connectivity index (χ3v) is 4.99. The lowest BCUT2D eigenvalue weighted by Gasteiger charge is -2.32. The highest BCUT2D eigenvalue weighted by Crippen LogP contribution is 2.38. The Morgan fingerprint density at radius 1 is 1.56 bits per heavy atom. The summed E-state index contributed by atoms with van der Waals surface area (Å²) in [5.74, 6) is 0.902. The van der Waals surface area contributed by atoms with Crippen molar-refractivity contribution in [3.05, 3.63) is 21.9 Å². The van der Waals surface area contributed by atoms with Gasteiger partial charge in [0.2, 0.25) is 0 Å². The van der Waals surface area contributed by atoms with Gasteiger partial charge in [0.15, 0.2) is 0 Å². The molecule has 1 heterocycles. The molecule has 1 aromatic rings. The fraction of sp³-hybridized carbons (Fsp3) is 0.692. The van der Waals surface area contributed by atoms with E-state index in [1.165, 1.54) is 23.3 Å². The van der Waals surface area contributed by atoms with Crippen LogP contribution in [0, 0.1) is 12.8 Å². The van der Waals surface area contributed by atoms with Gasteiger partial charge >= 0.3 is 0 Å². The van der Waals surface area contributed by atoms with E-state index in [0.29, 0.717) is 12.1 Å². The third kappa shape index (κ3) is 2.31. The highest BCUT2D eigenvalue weighted by atomic mass is 32.1. The maximum absolute atomic E-state index is 5.96. The molecule has 0 radical (unpaired) electrons. The number of likely N-dealkylation sites (N-methyl/N-ethyl adjacent to an activating group) is 1. The first-order valence-electron chi connectivity index (χ1n) is 6.11. The summed E-state index contributed by atoms with van der Waals surface area (Å²) in [6, 6.07) is 3.25. The third-order valence-electron chi connectivity index (χ3n) is 3.87. The Balaban J connectivity index is 2.12. The average Bonchev–Trinajstić information content (AvgIpc) is 3.04. The Morgan fingerprint density at radius 3 is 2.69 bits per heavy atom. The van der Waals surface area contributed by atoms with Gasteiger partial charge < -0.3 is 5.73 Å². The maximum Gasteiger partial charge on any atom is 0.0566 e. The summed E-state index contributed by atoms with van der Waals surface area (Å²) in [4.78, 5) is 3.91. The second-order valence-electron chi connectivity index (χ2n) is 4.96. The van der Waals surface area contributed by atoms with Crippen LogP contribution in [0.1, 0.15) is 36.2 Å². The first kappa shape index (κ1) is 12.1. The summed E-state index contributed by atoms with van der Waals surface area (Å²) in [6.07, 6.45) is 2.79. The van der Waals surface area contributed by atoms with Gasteiger partial charge in [-0.05, 0) is 56.7 Å². The fourth-order valence-electron chi connectivity index (χ4n) is 2.38. The molecule has 1 saturated carbocycles. The molecule has 2 atom stereocenters. The summed E-state index contributed by atoms with van der Waals surface area (Å²) in [7, 11) is 2.22. The Bertz CT molecular complexity index is 343. The number of nitrogens with two attached hydrogens (primary N) is 1. The summed E-state index contributed by atoms with van der Waals surface area (Å²) in [6.45, 7) is 5.24. The zero-order chi connectivity index (χ0) is 11.7. The molecule has 2 N–H and O–H groups in total. The van der Waals surface area contributed by atoms with Crippen LogP contribution in [0.3, 0.4) is 0 Å². The number of hydrogen-bond donors (Lipinski definition) is 1. The van der Waals surface area contributed by atoms with Gasteiger partial charge in [0, 0.05) is 17.5 Å². The Kier molecular flexibility index (Phi) is 3.67. The highest BCUT2D eigenvalue weighted by Gasteiger charge is 2.33. The predicted octanol–water partition coefficient (Wildman–Crippen LogP) is 2.79. The predicted molar refractivity (Wildman–Crippen MR) is 70.8 cm³/mol. The lowest BCUT2D eigenvalue weighted by Crippen LogP contribution is -2.38. The molecule has 2 unspecified atom stereocenters. The second-order valence-corrected chi connectivity index (χ2v) is 5.91. The van der Waals surface area contributed by atoms with Crippen LogP contribution in [0.5, 0.6) is 0 Å². The number of aryl methyl sites for hydroxylation is 1. The Labute approximate surface area is 102 Å². The van der Waals surface area contributed by atoms with Crippen molar-refractivity contribution >= 4 is 11.3 Å². The number of nitrogens with zero attached hydrogens (tertiary/aromatic N) is 1. The van der Waals surface area contributed by atoms with E-state index in [1.54, 1.807) is 0 Å². The van der Waals surface area contributed by atoms with Crippen molar-refractivity contribution in [3.8, 4) is 0 Å². The smallest absolute Gasteiger partial charge is 0.0566 e. The van der Waals surface area contributed by atoms with Gasteiger partial charge in [-0.25, -0.2) is 0 Å². The van der Waals surface area contributed by atoms with Crippen molar-refractivity contribution < 1.29 is 0 Å². The quantitative estimate of drug-likeness (QED) is 0.854. The molecule has 0 amide bonds. The van der Waals surface area contributed by atoms with Gasteiger partial charge in [-0.1, -0.05) is 0 Å². The summed E-state index contributed by atoms with van der Waals surface area (Å²) < 4.78 is 0. The van der Waals surface area contributed by atoms with Crippen molar-refractivity contribution in [2.75, 3.05) is 13.6 Å². The molecular weight excluding hydrogens is 216 g/mol.